The Morgan fingerprint density at radius 2 is 0.625 bits per heavy atom. The van der Waals surface area contributed by atoms with Gasteiger partial charge >= 0.3 is 0 Å². The molecule has 2 heterocycles. The number of fused-ring (bicyclic) bond motifs is 14. The van der Waals surface area contributed by atoms with Crippen LogP contribution in [0.15, 0.2) is 146 Å². The van der Waals surface area contributed by atoms with Crippen molar-refractivity contribution in [3.8, 4) is 55.9 Å². The monoisotopic (exact) mass is 604 g/mol. The Bertz CT molecular complexity index is 2900. The number of nitrogens with zero attached hydrogens (tertiary/aromatic N) is 2. The molecule has 0 saturated heterocycles. The molecule has 2 aliphatic carbocycles. The van der Waals surface area contributed by atoms with Crippen LogP contribution in [0.4, 0.5) is 0 Å². The van der Waals surface area contributed by atoms with Gasteiger partial charge in [-0.05, 0) is 123 Å². The van der Waals surface area contributed by atoms with E-state index in [1.807, 2.05) is 24.5 Å². The van der Waals surface area contributed by atoms with E-state index in [0.717, 1.165) is 11.4 Å². The van der Waals surface area contributed by atoms with Crippen LogP contribution in [0.25, 0.3) is 121 Å². The zero-order valence-corrected chi connectivity index (χ0v) is 25.8. The van der Waals surface area contributed by atoms with E-state index < -0.39 is 0 Å². The van der Waals surface area contributed by atoms with Crippen molar-refractivity contribution in [1.82, 2.24) is 9.97 Å². The summed E-state index contributed by atoms with van der Waals surface area (Å²) in [6.07, 6.45) is 3.83. The number of rotatable bonds is 1. The Labute approximate surface area is 275 Å². The summed E-state index contributed by atoms with van der Waals surface area (Å²) in [5.74, 6) is 0. The molecule has 2 aromatic heterocycles. The van der Waals surface area contributed by atoms with Crippen molar-refractivity contribution in [2.24, 2.45) is 0 Å². The van der Waals surface area contributed by atoms with Crippen molar-refractivity contribution in [1.29, 1.82) is 0 Å². The Kier molecular flexibility index (Phi) is 4.49. The van der Waals surface area contributed by atoms with Crippen molar-refractivity contribution in [2.75, 3.05) is 0 Å². The zero-order valence-electron chi connectivity index (χ0n) is 25.8. The molecule has 0 spiro atoms. The molecule has 12 rings (SSSR count). The molecule has 0 aliphatic heterocycles. The third kappa shape index (κ3) is 2.95. The molecule has 8 aromatic carbocycles. The summed E-state index contributed by atoms with van der Waals surface area (Å²) in [6, 6.07) is 49.6. The van der Waals surface area contributed by atoms with Crippen LogP contribution >= 0.6 is 0 Å². The van der Waals surface area contributed by atoms with Gasteiger partial charge in [0.2, 0.25) is 0 Å². The second-order valence-corrected chi connectivity index (χ2v) is 13.2. The van der Waals surface area contributed by atoms with Gasteiger partial charge in [0.1, 0.15) is 0 Å². The summed E-state index contributed by atoms with van der Waals surface area (Å²) in [6.45, 7) is 0. The van der Waals surface area contributed by atoms with Crippen LogP contribution in [-0.2, 0) is 0 Å². The third-order valence-electron chi connectivity index (χ3n) is 11.0. The highest BCUT2D eigenvalue weighted by Gasteiger charge is 2.27. The minimum Gasteiger partial charge on any atom is -0.256 e. The topological polar surface area (TPSA) is 25.8 Å². The van der Waals surface area contributed by atoms with E-state index in [2.05, 4.69) is 121 Å². The summed E-state index contributed by atoms with van der Waals surface area (Å²) in [5.41, 5.74) is 12.2. The summed E-state index contributed by atoms with van der Waals surface area (Å²) in [4.78, 5) is 9.73. The molecule has 0 fully saturated rings. The molecule has 48 heavy (non-hydrogen) atoms. The average Bonchev–Trinajstić information content (AvgIpc) is 3.65. The van der Waals surface area contributed by atoms with Crippen LogP contribution in [0.2, 0.25) is 0 Å². The largest absolute Gasteiger partial charge is 0.256 e. The first kappa shape index (κ1) is 24.8. The number of pyridine rings is 2. The summed E-state index contributed by atoms with van der Waals surface area (Å²) in [7, 11) is 0. The first-order valence-electron chi connectivity index (χ1n) is 16.6. The van der Waals surface area contributed by atoms with Gasteiger partial charge < -0.3 is 0 Å². The van der Waals surface area contributed by atoms with Gasteiger partial charge in [0.05, 0.1) is 11.4 Å². The molecule has 10 aromatic rings. The average molecular weight is 605 g/mol. The van der Waals surface area contributed by atoms with Crippen LogP contribution in [0, 0.1) is 0 Å². The highest BCUT2D eigenvalue weighted by atomic mass is 14.7. The van der Waals surface area contributed by atoms with Gasteiger partial charge in [-0.2, -0.15) is 0 Å². The second kappa shape index (κ2) is 8.70. The van der Waals surface area contributed by atoms with Gasteiger partial charge in [-0.1, -0.05) is 97.1 Å². The molecule has 0 unspecified atom stereocenters. The van der Waals surface area contributed by atoms with E-state index in [1.54, 1.807) is 0 Å². The molecular weight excluding hydrogens is 581 g/mol. The molecule has 0 N–H and O–H groups in total. The van der Waals surface area contributed by atoms with E-state index in [-0.39, 0.29) is 0 Å². The van der Waals surface area contributed by atoms with Crippen molar-refractivity contribution in [2.45, 2.75) is 0 Å². The smallest absolute Gasteiger partial charge is 0.0787 e. The van der Waals surface area contributed by atoms with Crippen molar-refractivity contribution >= 4 is 64.6 Å². The van der Waals surface area contributed by atoms with Crippen LogP contribution in [0.5, 0.6) is 0 Å². The Balaban J connectivity index is 1.25. The highest BCUT2D eigenvalue weighted by Crippen LogP contribution is 2.52. The van der Waals surface area contributed by atoms with Gasteiger partial charge in [0, 0.05) is 34.6 Å². The lowest BCUT2D eigenvalue weighted by Gasteiger charge is -2.18. The number of hydrogen-bond donors (Lipinski definition) is 0. The maximum absolute atomic E-state index is 4.87. The van der Waals surface area contributed by atoms with Crippen LogP contribution in [0.1, 0.15) is 0 Å². The second-order valence-electron chi connectivity index (χ2n) is 13.2. The first-order valence-corrected chi connectivity index (χ1v) is 16.6. The quantitative estimate of drug-likeness (QED) is 0.174. The fourth-order valence-electron chi connectivity index (χ4n) is 9.06. The number of hydrogen-bond acceptors (Lipinski definition) is 2. The van der Waals surface area contributed by atoms with Crippen molar-refractivity contribution in [3.05, 3.63) is 146 Å². The van der Waals surface area contributed by atoms with E-state index in [9.17, 15) is 0 Å². The normalized spacial score (nSPS) is 12.6. The summed E-state index contributed by atoms with van der Waals surface area (Å²) >= 11 is 0. The van der Waals surface area contributed by atoms with Gasteiger partial charge in [-0.15, -0.1) is 0 Å². The molecule has 0 saturated carbocycles. The fourth-order valence-corrected chi connectivity index (χ4v) is 9.06. The molecule has 218 valence electrons. The Morgan fingerprint density at radius 3 is 1.10 bits per heavy atom. The molecule has 0 bridgehead atoms. The fraction of sp³-hybridized carbons (Fsp3) is 0. The summed E-state index contributed by atoms with van der Waals surface area (Å²) < 4.78 is 0. The molecular formula is C46H24N2. The van der Waals surface area contributed by atoms with Crippen LogP contribution < -0.4 is 0 Å². The molecule has 2 aliphatic rings. The highest BCUT2D eigenvalue weighted by molar-refractivity contribution is 6.31. The van der Waals surface area contributed by atoms with Crippen molar-refractivity contribution in [3.63, 3.8) is 0 Å². The van der Waals surface area contributed by atoms with E-state index >= 15 is 0 Å². The number of benzene rings is 8. The Hall–Kier alpha value is -6.38. The van der Waals surface area contributed by atoms with Gasteiger partial charge in [0.25, 0.3) is 0 Å². The zero-order chi connectivity index (χ0) is 31.1. The predicted octanol–water partition coefficient (Wildman–Crippen LogP) is 12.4. The lowest BCUT2D eigenvalue weighted by Crippen LogP contribution is -1.91. The maximum atomic E-state index is 4.87. The molecule has 2 nitrogen and oxygen atoms in total. The maximum Gasteiger partial charge on any atom is 0.0787 e. The number of aromatic nitrogens is 2. The Morgan fingerprint density at radius 1 is 0.250 bits per heavy atom. The summed E-state index contributed by atoms with van der Waals surface area (Å²) in [5, 5.41) is 15.3. The third-order valence-corrected chi connectivity index (χ3v) is 11.0. The van der Waals surface area contributed by atoms with Crippen LogP contribution in [0.3, 0.4) is 0 Å². The van der Waals surface area contributed by atoms with Gasteiger partial charge in [-0.3, -0.25) is 9.97 Å². The van der Waals surface area contributed by atoms with Crippen LogP contribution in [-0.4, -0.2) is 9.97 Å². The lowest BCUT2D eigenvalue weighted by atomic mass is 9.85. The van der Waals surface area contributed by atoms with Gasteiger partial charge in [-0.25, -0.2) is 0 Å². The molecule has 0 amide bonds. The lowest BCUT2D eigenvalue weighted by molar-refractivity contribution is 1.35. The van der Waals surface area contributed by atoms with E-state index in [0.29, 0.717) is 0 Å². The van der Waals surface area contributed by atoms with Crippen molar-refractivity contribution < 1.29 is 0 Å². The molecule has 2 heteroatoms. The minimum absolute atomic E-state index is 1.08. The standard InChI is InChI=1S/C46H24N2/c1-3-11-27-25(9-1)35(21-39-31-15-5-13-29-33-17-7-19-47-45(33)41(43(29)31)23-37(27)39)36-22-40-32-16-6-14-30-34-18-8-20-48-46(34)42(44(30)32)24-38(40)28-12-4-2-10-26(28)36/h1-24H. The van der Waals surface area contributed by atoms with Gasteiger partial charge in [0.15, 0.2) is 0 Å². The molecule has 0 atom stereocenters. The predicted molar refractivity (Wildman–Crippen MR) is 201 cm³/mol. The van der Waals surface area contributed by atoms with E-state index in [4.69, 9.17) is 9.97 Å². The first-order chi connectivity index (χ1) is 23.8. The SMILES string of the molecule is c1cnc2c(c1)-c1cccc3c1c-2cc1c2ccccc2c(-c2cc4c5cccc6c5c(cc4c4ccccc24)-c2ncccc2-6)cc31. The molecule has 0 radical (unpaired) electrons. The minimum atomic E-state index is 1.08. The van der Waals surface area contributed by atoms with E-state index in [1.165, 1.54) is 109 Å².